The molecule has 1 aromatic rings. The van der Waals surface area contributed by atoms with Crippen molar-refractivity contribution in [3.8, 4) is 0 Å². The maximum absolute atomic E-state index is 4.17. The summed E-state index contributed by atoms with van der Waals surface area (Å²) >= 11 is 0. The third-order valence-electron chi connectivity index (χ3n) is 1.82. The Kier molecular flexibility index (Phi) is 1.97. The molecule has 0 amide bonds. The summed E-state index contributed by atoms with van der Waals surface area (Å²) in [7, 11) is 0. The molecular formula is C12H9N. The van der Waals surface area contributed by atoms with Crippen molar-refractivity contribution in [3.63, 3.8) is 0 Å². The molecule has 62 valence electrons. The van der Waals surface area contributed by atoms with E-state index >= 15 is 0 Å². The van der Waals surface area contributed by atoms with E-state index in [2.05, 4.69) is 22.5 Å². The van der Waals surface area contributed by atoms with Crippen LogP contribution >= 0.6 is 0 Å². The van der Waals surface area contributed by atoms with E-state index in [0.717, 1.165) is 16.1 Å². The second-order valence-electron chi connectivity index (χ2n) is 2.79. The first-order valence-corrected chi connectivity index (χ1v) is 4.21. The lowest BCUT2D eigenvalue weighted by Crippen LogP contribution is -2.27. The number of hydrogen-bond acceptors (Lipinski definition) is 1. The van der Waals surface area contributed by atoms with Gasteiger partial charge in [0, 0.05) is 17.0 Å². The van der Waals surface area contributed by atoms with Crippen molar-refractivity contribution >= 4 is 11.8 Å². The quantitative estimate of drug-likeness (QED) is 0.567. The fourth-order valence-corrected chi connectivity index (χ4v) is 1.24. The van der Waals surface area contributed by atoms with Crippen LogP contribution in [0, 0.1) is 0 Å². The normalized spacial score (nSPS) is 13.2. The molecule has 1 nitrogen and oxygen atoms in total. The summed E-state index contributed by atoms with van der Waals surface area (Å²) in [5.41, 5.74) is 7.10. The largest absolute Gasteiger partial charge is 0.247 e. The Bertz CT molecular complexity index is 537. The van der Waals surface area contributed by atoms with Gasteiger partial charge in [0.2, 0.25) is 0 Å². The molecule has 0 unspecified atom stereocenters. The SMILES string of the molecule is C/C=C/C1=C=C=c2ncccc2=C1. The van der Waals surface area contributed by atoms with E-state index in [1.54, 1.807) is 6.20 Å². The van der Waals surface area contributed by atoms with Crippen LogP contribution in [-0.2, 0) is 0 Å². The van der Waals surface area contributed by atoms with Crippen LogP contribution in [0.2, 0.25) is 0 Å². The molecule has 1 aromatic heterocycles. The molecule has 13 heavy (non-hydrogen) atoms. The first-order valence-electron chi connectivity index (χ1n) is 4.21. The van der Waals surface area contributed by atoms with Crippen molar-refractivity contribution in [2.45, 2.75) is 6.92 Å². The molecule has 0 radical (unpaired) electrons. The van der Waals surface area contributed by atoms with Gasteiger partial charge in [-0.05, 0) is 24.8 Å². The van der Waals surface area contributed by atoms with Crippen molar-refractivity contribution in [2.75, 3.05) is 0 Å². The fraction of sp³-hybridized carbons (Fsp3) is 0.0833. The van der Waals surface area contributed by atoms with Crippen LogP contribution in [0.3, 0.4) is 0 Å². The monoisotopic (exact) mass is 167 g/mol. The zero-order chi connectivity index (χ0) is 9.10. The summed E-state index contributed by atoms with van der Waals surface area (Å²) in [6.45, 7) is 1.99. The molecule has 1 heterocycles. The molecule has 1 aliphatic rings. The lowest BCUT2D eigenvalue weighted by Gasteiger charge is -1.92. The second-order valence-corrected chi connectivity index (χ2v) is 2.79. The van der Waals surface area contributed by atoms with Crippen molar-refractivity contribution in [1.82, 2.24) is 4.98 Å². The first kappa shape index (κ1) is 7.82. The maximum atomic E-state index is 4.17. The Morgan fingerprint density at radius 2 is 2.31 bits per heavy atom. The number of pyridine rings is 1. The van der Waals surface area contributed by atoms with Crippen LogP contribution in [0.15, 0.2) is 41.8 Å². The Labute approximate surface area is 76.8 Å². The van der Waals surface area contributed by atoms with Gasteiger partial charge in [-0.25, -0.2) is 4.98 Å². The minimum absolute atomic E-state index is 0.871. The molecule has 1 aliphatic carbocycles. The average Bonchev–Trinajstić information content (AvgIpc) is 2.18. The average molecular weight is 167 g/mol. The smallest absolute Gasteiger partial charge is 0.120 e. The van der Waals surface area contributed by atoms with Gasteiger partial charge in [-0.3, -0.25) is 0 Å². The summed E-state index contributed by atoms with van der Waals surface area (Å²) in [6.07, 6.45) is 7.81. The van der Waals surface area contributed by atoms with Gasteiger partial charge >= 0.3 is 0 Å². The van der Waals surface area contributed by atoms with Crippen molar-refractivity contribution in [1.29, 1.82) is 0 Å². The molecule has 0 spiro atoms. The molecular weight excluding hydrogens is 158 g/mol. The van der Waals surface area contributed by atoms with Crippen molar-refractivity contribution in [3.05, 3.63) is 52.4 Å². The third kappa shape index (κ3) is 1.52. The highest BCUT2D eigenvalue weighted by Gasteiger charge is 1.90. The molecule has 0 aliphatic heterocycles. The summed E-state index contributed by atoms with van der Waals surface area (Å²) in [6, 6.07) is 3.95. The molecule has 0 saturated heterocycles. The van der Waals surface area contributed by atoms with E-state index in [1.807, 2.05) is 31.2 Å². The van der Waals surface area contributed by atoms with Gasteiger partial charge in [0.25, 0.3) is 0 Å². The second kappa shape index (κ2) is 3.28. The molecule has 0 aromatic carbocycles. The molecule has 0 atom stereocenters. The standard InChI is InChI=1S/C12H9N/c1-2-4-10-6-7-12-11(9-10)5-3-8-13-12/h2-5,8-9H,1H3/b4-2+. The van der Waals surface area contributed by atoms with E-state index in [1.165, 1.54) is 0 Å². The van der Waals surface area contributed by atoms with Gasteiger partial charge in [-0.15, -0.1) is 0 Å². The van der Waals surface area contributed by atoms with Gasteiger partial charge in [0.15, 0.2) is 0 Å². The Hall–Kier alpha value is -1.81. The lowest BCUT2D eigenvalue weighted by molar-refractivity contribution is 1.22. The van der Waals surface area contributed by atoms with Gasteiger partial charge < -0.3 is 0 Å². The van der Waals surface area contributed by atoms with Gasteiger partial charge in [0.05, 0.1) is 0 Å². The highest BCUT2D eigenvalue weighted by molar-refractivity contribution is 5.56. The summed E-state index contributed by atoms with van der Waals surface area (Å²) < 4.78 is 0. The van der Waals surface area contributed by atoms with Crippen molar-refractivity contribution in [2.24, 2.45) is 0 Å². The molecule has 1 heteroatoms. The zero-order valence-electron chi connectivity index (χ0n) is 7.41. The number of allylic oxidation sites excluding steroid dienone is 3. The summed E-state index contributed by atoms with van der Waals surface area (Å²) in [5.74, 6) is 0. The van der Waals surface area contributed by atoms with Crippen LogP contribution in [0.4, 0.5) is 0 Å². The minimum atomic E-state index is 0.871. The molecule has 0 saturated carbocycles. The number of aromatic nitrogens is 1. The number of fused-ring (bicyclic) bond motifs is 1. The number of nitrogens with zero attached hydrogens (tertiary/aromatic N) is 1. The molecule has 0 fully saturated rings. The highest BCUT2D eigenvalue weighted by atomic mass is 14.6. The van der Waals surface area contributed by atoms with Crippen LogP contribution < -0.4 is 10.6 Å². The fourth-order valence-electron chi connectivity index (χ4n) is 1.24. The zero-order valence-corrected chi connectivity index (χ0v) is 7.41. The topological polar surface area (TPSA) is 12.9 Å². The predicted octanol–water partition coefficient (Wildman–Crippen LogP) is 0.913. The Morgan fingerprint density at radius 3 is 3.15 bits per heavy atom. The lowest BCUT2D eigenvalue weighted by atomic mass is 10.1. The van der Waals surface area contributed by atoms with Crippen LogP contribution in [0.1, 0.15) is 6.92 Å². The summed E-state index contributed by atoms with van der Waals surface area (Å²) in [5, 5.41) is 1.98. The van der Waals surface area contributed by atoms with Gasteiger partial charge in [-0.1, -0.05) is 23.9 Å². The number of rotatable bonds is 1. The molecule has 0 bridgehead atoms. The summed E-state index contributed by atoms with van der Waals surface area (Å²) in [4.78, 5) is 4.17. The van der Waals surface area contributed by atoms with E-state index in [-0.39, 0.29) is 0 Å². The van der Waals surface area contributed by atoms with E-state index < -0.39 is 0 Å². The molecule has 2 rings (SSSR count). The van der Waals surface area contributed by atoms with E-state index in [4.69, 9.17) is 0 Å². The van der Waals surface area contributed by atoms with Crippen molar-refractivity contribution < 1.29 is 0 Å². The Morgan fingerprint density at radius 1 is 1.38 bits per heavy atom. The van der Waals surface area contributed by atoms with Gasteiger partial charge in [0.1, 0.15) is 5.35 Å². The van der Waals surface area contributed by atoms with Crippen LogP contribution in [0.5, 0.6) is 0 Å². The minimum Gasteiger partial charge on any atom is -0.247 e. The molecule has 0 N–H and O–H groups in total. The maximum Gasteiger partial charge on any atom is 0.120 e. The number of hydrogen-bond donors (Lipinski definition) is 0. The van der Waals surface area contributed by atoms with Crippen LogP contribution in [0.25, 0.3) is 11.8 Å². The Balaban J connectivity index is 2.77. The third-order valence-corrected chi connectivity index (χ3v) is 1.82. The van der Waals surface area contributed by atoms with E-state index in [0.29, 0.717) is 0 Å². The van der Waals surface area contributed by atoms with E-state index in [9.17, 15) is 0 Å². The van der Waals surface area contributed by atoms with Gasteiger partial charge in [-0.2, -0.15) is 0 Å². The van der Waals surface area contributed by atoms with Crippen LogP contribution in [-0.4, -0.2) is 4.98 Å². The first-order chi connectivity index (χ1) is 6.40. The highest BCUT2D eigenvalue weighted by Crippen LogP contribution is 1.96. The predicted molar refractivity (Wildman–Crippen MR) is 53.2 cm³/mol.